The average molecular weight is 398 g/mol. The van der Waals surface area contributed by atoms with Crippen LogP contribution in [-0.4, -0.2) is 25.3 Å². The molecule has 1 atom stereocenters. The van der Waals surface area contributed by atoms with Gasteiger partial charge in [-0.2, -0.15) is 0 Å². The molecule has 28 heavy (non-hydrogen) atoms. The number of hydrogen-bond acceptors (Lipinski definition) is 6. The molecule has 1 saturated carbocycles. The zero-order valence-corrected chi connectivity index (χ0v) is 16.3. The van der Waals surface area contributed by atoms with Gasteiger partial charge in [0.15, 0.2) is 5.78 Å². The van der Waals surface area contributed by atoms with Gasteiger partial charge in [0, 0.05) is 17.8 Å². The predicted molar refractivity (Wildman–Crippen MR) is 108 cm³/mol. The summed E-state index contributed by atoms with van der Waals surface area (Å²) in [5.41, 5.74) is -0.790. The van der Waals surface area contributed by atoms with E-state index in [0.29, 0.717) is 22.7 Å². The van der Waals surface area contributed by atoms with Gasteiger partial charge in [0.05, 0.1) is 16.8 Å². The molecule has 8 heteroatoms. The molecule has 7 nitrogen and oxygen atoms in total. The van der Waals surface area contributed by atoms with Gasteiger partial charge in [-0.15, -0.1) is 11.3 Å². The maximum absolute atomic E-state index is 13.2. The van der Waals surface area contributed by atoms with Gasteiger partial charge in [-0.05, 0) is 24.5 Å². The monoisotopic (exact) mass is 398 g/mol. The Morgan fingerprint density at radius 2 is 2.04 bits per heavy atom. The number of aromatic nitrogens is 4. The molecule has 0 bridgehead atoms. The number of nitrogens with one attached hydrogen (secondary N) is 1. The van der Waals surface area contributed by atoms with E-state index in [-0.39, 0.29) is 17.9 Å². The van der Waals surface area contributed by atoms with E-state index in [4.69, 9.17) is 0 Å². The summed E-state index contributed by atoms with van der Waals surface area (Å²) < 4.78 is 1.11. The van der Waals surface area contributed by atoms with Crippen LogP contribution < -0.4 is 11.2 Å². The van der Waals surface area contributed by atoms with Crippen LogP contribution in [0.4, 0.5) is 0 Å². The molecule has 3 heterocycles. The first kappa shape index (κ1) is 18.7. The van der Waals surface area contributed by atoms with E-state index in [0.717, 1.165) is 30.3 Å². The maximum Gasteiger partial charge on any atom is 0.330 e. The number of Topliss-reactive ketones (excluding diaryl/α,β-unsaturated/α-hetero) is 1. The molecule has 3 aromatic rings. The van der Waals surface area contributed by atoms with Crippen molar-refractivity contribution in [3.63, 3.8) is 0 Å². The van der Waals surface area contributed by atoms with Crippen LogP contribution in [0.25, 0.3) is 11.0 Å². The first-order valence-electron chi connectivity index (χ1n) is 9.64. The van der Waals surface area contributed by atoms with Crippen LogP contribution in [-0.2, 0) is 11.2 Å². The second kappa shape index (κ2) is 8.18. The highest BCUT2D eigenvalue weighted by Gasteiger charge is 2.29. The molecule has 1 aliphatic carbocycles. The van der Waals surface area contributed by atoms with Gasteiger partial charge >= 0.3 is 5.69 Å². The Kier molecular flexibility index (Phi) is 5.47. The molecule has 0 radical (unpaired) electrons. The SMILES string of the molecule is O=C(Cc1nccs1)C(CC1CCCCC1)n1c(=O)[nH]c2ncccc2c1=O. The molecule has 1 N–H and O–H groups in total. The molecular weight excluding hydrogens is 376 g/mol. The van der Waals surface area contributed by atoms with Gasteiger partial charge in [-0.25, -0.2) is 19.3 Å². The fourth-order valence-corrected chi connectivity index (χ4v) is 4.70. The quantitative estimate of drug-likeness (QED) is 0.688. The zero-order valence-electron chi connectivity index (χ0n) is 15.5. The van der Waals surface area contributed by atoms with Crippen molar-refractivity contribution in [2.45, 2.75) is 51.0 Å². The maximum atomic E-state index is 13.2. The molecule has 0 amide bonds. The highest BCUT2D eigenvalue weighted by Crippen LogP contribution is 2.31. The van der Waals surface area contributed by atoms with E-state index >= 15 is 0 Å². The van der Waals surface area contributed by atoms with E-state index in [9.17, 15) is 14.4 Å². The van der Waals surface area contributed by atoms with Crippen molar-refractivity contribution in [3.8, 4) is 0 Å². The molecule has 0 aliphatic heterocycles. The third kappa shape index (κ3) is 3.82. The van der Waals surface area contributed by atoms with Crippen LogP contribution in [0, 0.1) is 5.92 Å². The first-order chi connectivity index (χ1) is 13.6. The van der Waals surface area contributed by atoms with E-state index in [1.807, 2.05) is 5.38 Å². The molecule has 3 aromatic heterocycles. The summed E-state index contributed by atoms with van der Waals surface area (Å²) in [4.78, 5) is 49.9. The summed E-state index contributed by atoms with van der Waals surface area (Å²) in [5.74, 6) is 0.200. The number of fused-ring (bicyclic) bond motifs is 1. The summed E-state index contributed by atoms with van der Waals surface area (Å²) >= 11 is 1.41. The largest absolute Gasteiger partial charge is 0.330 e. The third-order valence-electron chi connectivity index (χ3n) is 5.47. The topological polar surface area (TPSA) is 97.7 Å². The number of aromatic amines is 1. The zero-order chi connectivity index (χ0) is 19.5. The Labute approximate surface area is 165 Å². The summed E-state index contributed by atoms with van der Waals surface area (Å²) in [6.45, 7) is 0. The number of thiazole rings is 1. The Hall–Kier alpha value is -2.61. The van der Waals surface area contributed by atoms with Crippen LogP contribution in [0.2, 0.25) is 0 Å². The van der Waals surface area contributed by atoms with Crippen molar-refractivity contribution in [3.05, 3.63) is 55.8 Å². The molecule has 0 aromatic carbocycles. The Balaban J connectivity index is 1.75. The Bertz CT molecular complexity index is 1080. The van der Waals surface area contributed by atoms with Crippen molar-refractivity contribution in [1.82, 2.24) is 19.5 Å². The van der Waals surface area contributed by atoms with E-state index < -0.39 is 17.3 Å². The first-order valence-corrected chi connectivity index (χ1v) is 10.5. The molecule has 146 valence electrons. The van der Waals surface area contributed by atoms with Crippen LogP contribution in [0.3, 0.4) is 0 Å². The number of H-pyrrole nitrogens is 1. The van der Waals surface area contributed by atoms with Gasteiger partial charge in [0.2, 0.25) is 0 Å². The molecule has 1 aliphatic rings. The van der Waals surface area contributed by atoms with Gasteiger partial charge < -0.3 is 0 Å². The number of nitrogens with zero attached hydrogens (tertiary/aromatic N) is 3. The third-order valence-corrected chi connectivity index (χ3v) is 6.25. The van der Waals surface area contributed by atoms with Crippen molar-refractivity contribution >= 4 is 28.2 Å². The summed E-state index contributed by atoms with van der Waals surface area (Å²) in [5, 5.41) is 2.84. The Morgan fingerprint density at radius 1 is 1.21 bits per heavy atom. The van der Waals surface area contributed by atoms with Crippen LogP contribution in [0.1, 0.15) is 49.6 Å². The number of ketones is 1. The van der Waals surface area contributed by atoms with Crippen molar-refractivity contribution in [2.75, 3.05) is 0 Å². The smallest absolute Gasteiger partial charge is 0.297 e. The van der Waals surface area contributed by atoms with E-state index in [1.165, 1.54) is 24.0 Å². The summed E-state index contributed by atoms with van der Waals surface area (Å²) in [6, 6.07) is 2.49. The van der Waals surface area contributed by atoms with Crippen molar-refractivity contribution in [2.24, 2.45) is 5.92 Å². The average Bonchev–Trinajstić information content (AvgIpc) is 3.21. The molecule has 0 spiro atoms. The Morgan fingerprint density at radius 3 is 2.79 bits per heavy atom. The lowest BCUT2D eigenvalue weighted by molar-refractivity contribution is -0.122. The highest BCUT2D eigenvalue weighted by molar-refractivity contribution is 7.09. The number of rotatable bonds is 6. The highest BCUT2D eigenvalue weighted by atomic mass is 32.1. The fraction of sp³-hybridized carbons (Fsp3) is 0.450. The summed E-state index contributed by atoms with van der Waals surface area (Å²) in [6.07, 6.45) is 9.35. The minimum atomic E-state index is -0.784. The molecule has 0 saturated heterocycles. The normalized spacial score (nSPS) is 16.3. The lowest BCUT2D eigenvalue weighted by Gasteiger charge is -2.26. The van der Waals surface area contributed by atoms with Crippen LogP contribution in [0.5, 0.6) is 0 Å². The minimum absolute atomic E-state index is 0.131. The fourth-order valence-electron chi connectivity index (χ4n) is 4.07. The molecule has 1 unspecified atom stereocenters. The van der Waals surface area contributed by atoms with E-state index in [1.54, 1.807) is 18.3 Å². The number of carbonyl (C=O) groups excluding carboxylic acids is 1. The van der Waals surface area contributed by atoms with Gasteiger partial charge in [0.1, 0.15) is 11.7 Å². The van der Waals surface area contributed by atoms with Crippen LogP contribution >= 0.6 is 11.3 Å². The van der Waals surface area contributed by atoms with Crippen molar-refractivity contribution in [1.29, 1.82) is 0 Å². The number of pyridine rings is 1. The van der Waals surface area contributed by atoms with Crippen LogP contribution in [0.15, 0.2) is 39.5 Å². The molecular formula is C20H22N4O3S. The lowest BCUT2D eigenvalue weighted by atomic mass is 9.83. The predicted octanol–water partition coefficient (Wildman–Crippen LogP) is 2.86. The van der Waals surface area contributed by atoms with E-state index in [2.05, 4.69) is 15.0 Å². The number of carbonyl (C=O) groups is 1. The van der Waals surface area contributed by atoms with Gasteiger partial charge in [-0.1, -0.05) is 32.1 Å². The second-order valence-electron chi connectivity index (χ2n) is 7.33. The molecule has 4 rings (SSSR count). The van der Waals surface area contributed by atoms with Gasteiger partial charge in [0.25, 0.3) is 5.56 Å². The summed E-state index contributed by atoms with van der Waals surface area (Å²) in [7, 11) is 0. The van der Waals surface area contributed by atoms with Gasteiger partial charge in [-0.3, -0.25) is 14.6 Å². The standard InChI is InChI=1S/C20H22N4O3S/c25-16(12-17-21-9-10-28-17)15(11-13-5-2-1-3-6-13)24-19(26)14-7-4-8-22-18(14)23-20(24)27/h4,7-10,13,15H,1-3,5-6,11-12H2,(H,22,23,27). The van der Waals surface area contributed by atoms with Crippen molar-refractivity contribution < 1.29 is 4.79 Å². The molecule has 1 fully saturated rings. The minimum Gasteiger partial charge on any atom is -0.297 e. The number of hydrogen-bond donors (Lipinski definition) is 1. The lowest BCUT2D eigenvalue weighted by Crippen LogP contribution is -2.42. The second-order valence-corrected chi connectivity index (χ2v) is 8.31.